The van der Waals surface area contributed by atoms with Gasteiger partial charge in [-0.1, -0.05) is 45.9 Å². The van der Waals surface area contributed by atoms with E-state index in [4.69, 9.17) is 14.9 Å². The SMILES string of the molecule is COC(=O)N[C@H](C(=O)N1C[C@H](F)C[C@H]1c1ncc(-c2ccc3c(ccc4oc5ccc(-c6cnc([C@@H]7C[C@@H](F)CN7C(=O)[C@@H](N)C(C)C)[nH]6)cc5c(=O)c43)c2)[nH]1)C(C)C. The average Bonchev–Trinajstić information content (AvgIpc) is 4.05. The Balaban J connectivity index is 1.08. The molecule has 3 aromatic carbocycles. The van der Waals surface area contributed by atoms with E-state index in [0.717, 1.165) is 10.9 Å². The van der Waals surface area contributed by atoms with Crippen molar-refractivity contribution in [2.75, 3.05) is 20.2 Å². The van der Waals surface area contributed by atoms with E-state index in [1.165, 1.54) is 16.9 Å². The molecule has 0 unspecified atom stereocenters. The second-order valence-electron chi connectivity index (χ2n) is 16.2. The summed E-state index contributed by atoms with van der Waals surface area (Å²) in [7, 11) is 1.21. The smallest absolute Gasteiger partial charge is 0.407 e. The maximum atomic E-state index is 14.9. The van der Waals surface area contributed by atoms with Gasteiger partial charge in [0.15, 0.2) is 0 Å². The molecule has 3 amide bonds. The van der Waals surface area contributed by atoms with Crippen LogP contribution in [0.25, 0.3) is 55.2 Å². The topological polar surface area (TPSA) is 193 Å². The largest absolute Gasteiger partial charge is 0.456 e. The number of carbonyl (C=O) groups excluding carboxylic acids is 3. The van der Waals surface area contributed by atoms with Gasteiger partial charge in [-0.3, -0.25) is 14.4 Å². The first-order chi connectivity index (χ1) is 28.2. The van der Waals surface area contributed by atoms with E-state index in [0.29, 0.717) is 55.9 Å². The van der Waals surface area contributed by atoms with Crippen molar-refractivity contribution in [3.63, 3.8) is 0 Å². The zero-order chi connectivity index (χ0) is 41.9. The predicted octanol–water partition coefficient (Wildman–Crippen LogP) is 6.47. The number of halogens is 2. The van der Waals surface area contributed by atoms with Gasteiger partial charge >= 0.3 is 6.09 Å². The number of aromatic amines is 2. The molecule has 2 aliphatic heterocycles. The van der Waals surface area contributed by atoms with Crippen LogP contribution in [0, 0.1) is 11.8 Å². The lowest BCUT2D eigenvalue weighted by molar-refractivity contribution is -0.136. The Morgan fingerprint density at radius 2 is 1.39 bits per heavy atom. The van der Waals surface area contributed by atoms with E-state index in [-0.39, 0.29) is 49.1 Å². The Hall–Kier alpha value is -6.16. The van der Waals surface area contributed by atoms with Crippen LogP contribution in [-0.4, -0.2) is 92.3 Å². The molecular weight excluding hydrogens is 763 g/mol. The number of alkyl halides is 2. The molecule has 0 radical (unpaired) electrons. The van der Waals surface area contributed by atoms with E-state index in [2.05, 4.69) is 25.3 Å². The number of hydrogen-bond acceptors (Lipinski definition) is 9. The van der Waals surface area contributed by atoms with E-state index in [1.54, 1.807) is 50.5 Å². The first-order valence-electron chi connectivity index (χ1n) is 19.7. The lowest BCUT2D eigenvalue weighted by Gasteiger charge is -2.29. The standard InChI is InChI=1S/C43H46F2N8O6/c1-20(2)36(46)41(55)52-18-25(44)14-31(52)39-48-17-30(50-39)24-8-10-33-28(13-24)38(54)35-27-9-6-23(12-22(27)7-11-34(35)59-33)29-16-47-40(49-29)32-15-26(45)19-53(32)42(56)37(21(3)4)51-43(57)58-5/h6-13,16-17,20-21,25-26,31-32,36-37H,14-15,18-19,46H2,1-5H3,(H,47,49)(H,48,50)(H,51,57)/t25-,26-,31+,32+,36+,37+/m1/s1. The summed E-state index contributed by atoms with van der Waals surface area (Å²) in [5.74, 6) is -0.275. The van der Waals surface area contributed by atoms with Crippen molar-refractivity contribution in [1.29, 1.82) is 0 Å². The van der Waals surface area contributed by atoms with Crippen LogP contribution in [0.5, 0.6) is 0 Å². The number of benzene rings is 3. The Morgan fingerprint density at radius 3 is 1.98 bits per heavy atom. The number of alkyl carbamates (subject to hydrolysis) is 1. The number of nitrogens with one attached hydrogen (secondary N) is 3. The van der Waals surface area contributed by atoms with Crippen molar-refractivity contribution in [3.05, 3.63) is 82.8 Å². The summed E-state index contributed by atoms with van der Waals surface area (Å²) in [6.45, 7) is 7.09. The van der Waals surface area contributed by atoms with Gasteiger partial charge in [-0.25, -0.2) is 23.5 Å². The van der Waals surface area contributed by atoms with Crippen LogP contribution in [0.3, 0.4) is 0 Å². The fourth-order valence-electron chi connectivity index (χ4n) is 8.25. The van der Waals surface area contributed by atoms with E-state index in [1.807, 2.05) is 38.1 Å². The molecule has 16 heteroatoms. The van der Waals surface area contributed by atoms with E-state index in [9.17, 15) is 28.0 Å². The van der Waals surface area contributed by atoms with E-state index < -0.39 is 48.5 Å². The molecule has 6 aromatic rings. The van der Waals surface area contributed by atoms with Crippen LogP contribution in [0.4, 0.5) is 13.6 Å². The average molecular weight is 809 g/mol. The molecule has 14 nitrogen and oxygen atoms in total. The Labute approximate surface area is 337 Å². The summed E-state index contributed by atoms with van der Waals surface area (Å²) in [6, 6.07) is 11.5. The Morgan fingerprint density at radius 1 is 0.814 bits per heavy atom. The van der Waals surface area contributed by atoms with Gasteiger partial charge in [0.05, 0.1) is 72.9 Å². The summed E-state index contributed by atoms with van der Waals surface area (Å²) in [4.78, 5) is 71.5. The third-order valence-electron chi connectivity index (χ3n) is 11.6. The van der Waals surface area contributed by atoms with Gasteiger partial charge in [0, 0.05) is 24.0 Å². The number of aromatic nitrogens is 4. The number of ether oxygens (including phenoxy) is 1. The zero-order valence-corrected chi connectivity index (χ0v) is 33.3. The number of hydrogen-bond donors (Lipinski definition) is 4. The summed E-state index contributed by atoms with van der Waals surface area (Å²) in [5, 5.41) is 4.77. The van der Waals surface area contributed by atoms with Gasteiger partial charge in [-0.15, -0.1) is 0 Å². The van der Waals surface area contributed by atoms with Gasteiger partial charge in [0.25, 0.3) is 0 Å². The van der Waals surface area contributed by atoms with Crippen LogP contribution in [0.1, 0.15) is 64.3 Å². The van der Waals surface area contributed by atoms with Gasteiger partial charge in [0.1, 0.15) is 41.2 Å². The normalized spacial score (nSPS) is 20.6. The van der Waals surface area contributed by atoms with Crippen molar-refractivity contribution < 1.29 is 32.3 Å². The number of nitrogens with two attached hydrogens (primary N) is 1. The molecule has 2 aliphatic rings. The molecule has 6 atom stereocenters. The molecule has 2 fully saturated rings. The van der Waals surface area contributed by atoms with Crippen LogP contribution in [0.15, 0.2) is 70.1 Å². The summed E-state index contributed by atoms with van der Waals surface area (Å²) < 4.78 is 40.5. The van der Waals surface area contributed by atoms with Crippen LogP contribution in [0.2, 0.25) is 0 Å². The Kier molecular flexibility index (Phi) is 10.4. The number of methoxy groups -OCH3 is 1. The number of rotatable bonds is 9. The molecule has 2 saturated heterocycles. The van der Waals surface area contributed by atoms with Crippen molar-refractivity contribution in [2.45, 2.75) is 77.0 Å². The Bertz CT molecular complexity index is 2660. The van der Waals surface area contributed by atoms with Gasteiger partial charge in [0.2, 0.25) is 17.2 Å². The van der Waals surface area contributed by atoms with Crippen molar-refractivity contribution >= 4 is 50.6 Å². The summed E-state index contributed by atoms with van der Waals surface area (Å²) in [6.07, 6.45) is 0.160. The van der Waals surface area contributed by atoms with Gasteiger partial charge < -0.3 is 40.0 Å². The van der Waals surface area contributed by atoms with Crippen molar-refractivity contribution in [1.82, 2.24) is 35.1 Å². The molecule has 8 rings (SSSR count). The highest BCUT2D eigenvalue weighted by Gasteiger charge is 2.42. The van der Waals surface area contributed by atoms with Crippen LogP contribution < -0.4 is 16.5 Å². The highest BCUT2D eigenvalue weighted by Crippen LogP contribution is 2.37. The zero-order valence-electron chi connectivity index (χ0n) is 33.3. The monoisotopic (exact) mass is 808 g/mol. The lowest BCUT2D eigenvalue weighted by Crippen LogP contribution is -2.51. The molecule has 0 saturated carbocycles. The van der Waals surface area contributed by atoms with Crippen LogP contribution >= 0.6 is 0 Å². The molecule has 59 heavy (non-hydrogen) atoms. The van der Waals surface area contributed by atoms with Crippen LogP contribution in [-0.2, 0) is 14.3 Å². The van der Waals surface area contributed by atoms with E-state index >= 15 is 0 Å². The first kappa shape index (κ1) is 39.7. The molecular formula is C43H46F2N8O6. The number of H-pyrrole nitrogens is 2. The van der Waals surface area contributed by atoms with Crippen molar-refractivity contribution in [3.8, 4) is 22.5 Å². The molecule has 5 heterocycles. The quantitative estimate of drug-likeness (QED) is 0.0937. The highest BCUT2D eigenvalue weighted by molar-refractivity contribution is 6.09. The third kappa shape index (κ3) is 7.30. The number of imidazole rings is 2. The lowest BCUT2D eigenvalue weighted by atomic mass is 10.00. The third-order valence-corrected chi connectivity index (χ3v) is 11.6. The number of carbonyl (C=O) groups is 3. The molecule has 0 spiro atoms. The molecule has 308 valence electrons. The maximum Gasteiger partial charge on any atom is 0.407 e. The molecule has 5 N–H and O–H groups in total. The second kappa shape index (κ2) is 15.5. The van der Waals surface area contributed by atoms with Gasteiger partial charge in [-0.05, 0) is 52.9 Å². The fourth-order valence-corrected chi connectivity index (χ4v) is 8.25. The number of nitrogens with zero attached hydrogens (tertiary/aromatic N) is 4. The molecule has 0 aliphatic carbocycles. The summed E-state index contributed by atoms with van der Waals surface area (Å²) >= 11 is 0. The minimum Gasteiger partial charge on any atom is -0.456 e. The number of likely N-dealkylation sites (tertiary alicyclic amines) is 2. The number of fused-ring (bicyclic) bond motifs is 4. The second-order valence-corrected chi connectivity index (χ2v) is 16.2. The number of amides is 3. The van der Waals surface area contributed by atoms with Gasteiger partial charge in [-0.2, -0.15) is 0 Å². The highest BCUT2D eigenvalue weighted by atomic mass is 19.1. The summed E-state index contributed by atoms with van der Waals surface area (Å²) in [5.41, 5.74) is 9.38. The molecule has 0 bridgehead atoms. The van der Waals surface area contributed by atoms with Crippen molar-refractivity contribution in [2.24, 2.45) is 17.6 Å². The predicted molar refractivity (Wildman–Crippen MR) is 218 cm³/mol. The minimum atomic E-state index is -1.27. The fraction of sp³-hybridized carbons (Fsp3) is 0.395. The first-order valence-corrected chi connectivity index (χ1v) is 19.7. The molecule has 3 aromatic heterocycles. The maximum absolute atomic E-state index is 14.9. The minimum absolute atomic E-state index is 0.0474.